The molecular weight excluding hydrogens is 266 g/mol. The highest BCUT2D eigenvalue weighted by molar-refractivity contribution is 5.85. The van der Waals surface area contributed by atoms with Crippen LogP contribution in [0, 0.1) is 17.8 Å². The van der Waals surface area contributed by atoms with E-state index in [0.29, 0.717) is 5.69 Å². The van der Waals surface area contributed by atoms with Crippen molar-refractivity contribution in [2.75, 3.05) is 5.32 Å². The fourth-order valence-corrected chi connectivity index (χ4v) is 5.04. The number of hydrogen-bond donors (Lipinski definition) is 2. The molecular formula is C17H21NO3. The number of ether oxygens (including phenoxy) is 1. The van der Waals surface area contributed by atoms with E-state index in [4.69, 9.17) is 4.74 Å². The second-order valence-electron chi connectivity index (χ2n) is 7.16. The largest absolute Gasteiger partial charge is 0.508 e. The van der Waals surface area contributed by atoms with Gasteiger partial charge in [0.15, 0.2) is 0 Å². The van der Waals surface area contributed by atoms with E-state index in [2.05, 4.69) is 5.32 Å². The lowest BCUT2D eigenvalue weighted by atomic mass is 9.54. The molecule has 4 aliphatic rings. The van der Waals surface area contributed by atoms with Crippen molar-refractivity contribution in [3.8, 4) is 5.75 Å². The van der Waals surface area contributed by atoms with Crippen molar-refractivity contribution in [1.82, 2.24) is 0 Å². The molecule has 0 atom stereocenters. The first-order chi connectivity index (χ1) is 10.1. The van der Waals surface area contributed by atoms with Crippen molar-refractivity contribution in [1.29, 1.82) is 0 Å². The molecule has 21 heavy (non-hydrogen) atoms. The van der Waals surface area contributed by atoms with Gasteiger partial charge in [0, 0.05) is 5.69 Å². The maximum Gasteiger partial charge on any atom is 0.412 e. The van der Waals surface area contributed by atoms with Gasteiger partial charge in [-0.1, -0.05) is 0 Å². The van der Waals surface area contributed by atoms with Crippen LogP contribution in [0.2, 0.25) is 0 Å². The number of nitrogens with one attached hydrogen (secondary N) is 1. The van der Waals surface area contributed by atoms with Crippen LogP contribution >= 0.6 is 0 Å². The lowest BCUT2D eigenvalue weighted by Gasteiger charge is -2.55. The minimum atomic E-state index is -0.359. The van der Waals surface area contributed by atoms with Crippen LogP contribution in [0.15, 0.2) is 24.3 Å². The number of amides is 1. The summed E-state index contributed by atoms with van der Waals surface area (Å²) in [6.07, 6.45) is 6.78. The number of hydrogen-bond acceptors (Lipinski definition) is 3. The summed E-state index contributed by atoms with van der Waals surface area (Å²) in [5.41, 5.74) is 0.443. The molecule has 2 N–H and O–H groups in total. The topological polar surface area (TPSA) is 58.6 Å². The molecule has 0 aromatic heterocycles. The molecule has 0 aliphatic heterocycles. The Morgan fingerprint density at radius 2 is 1.57 bits per heavy atom. The Labute approximate surface area is 124 Å². The lowest BCUT2D eigenvalue weighted by molar-refractivity contribution is -0.124. The van der Waals surface area contributed by atoms with E-state index in [1.54, 1.807) is 24.3 Å². The Balaban J connectivity index is 1.43. The van der Waals surface area contributed by atoms with Crippen molar-refractivity contribution >= 4 is 11.8 Å². The van der Waals surface area contributed by atoms with Crippen molar-refractivity contribution in [2.45, 2.75) is 44.1 Å². The smallest absolute Gasteiger partial charge is 0.412 e. The molecule has 0 unspecified atom stereocenters. The molecule has 4 bridgehead atoms. The van der Waals surface area contributed by atoms with Crippen LogP contribution < -0.4 is 5.32 Å². The van der Waals surface area contributed by atoms with E-state index in [0.717, 1.165) is 37.0 Å². The number of rotatable bonds is 2. The zero-order valence-corrected chi connectivity index (χ0v) is 12.0. The molecule has 0 heterocycles. The van der Waals surface area contributed by atoms with Gasteiger partial charge in [-0.2, -0.15) is 0 Å². The Hall–Kier alpha value is -1.71. The number of carbonyl (C=O) groups is 1. The Morgan fingerprint density at radius 3 is 2.10 bits per heavy atom. The summed E-state index contributed by atoms with van der Waals surface area (Å²) in [5.74, 6) is 2.48. The fraction of sp³-hybridized carbons (Fsp3) is 0.588. The average Bonchev–Trinajstić information content (AvgIpc) is 2.39. The molecule has 1 amide bonds. The summed E-state index contributed by atoms with van der Waals surface area (Å²) in [7, 11) is 0. The van der Waals surface area contributed by atoms with Crippen molar-refractivity contribution in [2.24, 2.45) is 17.8 Å². The number of aromatic hydroxyl groups is 1. The van der Waals surface area contributed by atoms with Crippen molar-refractivity contribution in [3.63, 3.8) is 0 Å². The van der Waals surface area contributed by atoms with Gasteiger partial charge >= 0.3 is 6.09 Å². The molecule has 4 heteroatoms. The second-order valence-corrected chi connectivity index (χ2v) is 7.16. The summed E-state index contributed by atoms with van der Waals surface area (Å²) >= 11 is 0. The van der Waals surface area contributed by atoms with E-state index in [1.165, 1.54) is 19.3 Å². The van der Waals surface area contributed by atoms with E-state index in [-0.39, 0.29) is 17.4 Å². The van der Waals surface area contributed by atoms with Gasteiger partial charge in [0.05, 0.1) is 0 Å². The number of phenolic OH excluding ortho intramolecular Hbond substituents is 1. The minimum absolute atomic E-state index is 0.190. The molecule has 5 rings (SSSR count). The summed E-state index contributed by atoms with van der Waals surface area (Å²) < 4.78 is 5.87. The van der Waals surface area contributed by atoms with E-state index < -0.39 is 0 Å². The van der Waals surface area contributed by atoms with Gasteiger partial charge in [-0.15, -0.1) is 0 Å². The monoisotopic (exact) mass is 287 g/mol. The summed E-state index contributed by atoms with van der Waals surface area (Å²) in [6.45, 7) is 0. The first kappa shape index (κ1) is 13.0. The number of anilines is 1. The maximum atomic E-state index is 12.2. The SMILES string of the molecule is O=C(Nc1ccc(O)cc1)OC12CC3CC(CC(C3)C1)C2. The highest BCUT2D eigenvalue weighted by Gasteiger charge is 2.53. The highest BCUT2D eigenvalue weighted by atomic mass is 16.6. The first-order valence-corrected chi connectivity index (χ1v) is 7.89. The molecule has 0 spiro atoms. The quantitative estimate of drug-likeness (QED) is 0.811. The molecule has 112 valence electrons. The molecule has 1 aromatic carbocycles. The predicted molar refractivity (Wildman–Crippen MR) is 79.1 cm³/mol. The molecule has 1 aromatic rings. The van der Waals surface area contributed by atoms with Crippen LogP contribution in [0.1, 0.15) is 38.5 Å². The average molecular weight is 287 g/mol. The van der Waals surface area contributed by atoms with Gasteiger partial charge in [0.25, 0.3) is 0 Å². The maximum absolute atomic E-state index is 12.2. The third kappa shape index (κ3) is 2.47. The summed E-state index contributed by atoms with van der Waals surface area (Å²) in [5, 5.41) is 12.0. The van der Waals surface area contributed by atoms with E-state index in [9.17, 15) is 9.90 Å². The molecule has 4 nitrogen and oxygen atoms in total. The van der Waals surface area contributed by atoms with E-state index >= 15 is 0 Å². The third-order valence-electron chi connectivity index (χ3n) is 5.40. The van der Waals surface area contributed by atoms with Crippen LogP contribution in [-0.4, -0.2) is 16.8 Å². The third-order valence-corrected chi connectivity index (χ3v) is 5.40. The molecule has 0 radical (unpaired) electrons. The van der Waals surface area contributed by atoms with Crippen LogP contribution in [0.3, 0.4) is 0 Å². The summed E-state index contributed by atoms with van der Waals surface area (Å²) in [4.78, 5) is 12.2. The minimum Gasteiger partial charge on any atom is -0.508 e. The van der Waals surface area contributed by atoms with Crippen LogP contribution in [-0.2, 0) is 4.74 Å². The highest BCUT2D eigenvalue weighted by Crippen LogP contribution is 2.57. The zero-order valence-electron chi connectivity index (χ0n) is 12.0. The number of phenols is 1. The number of benzene rings is 1. The standard InChI is InChI=1S/C17H21NO3/c19-15-3-1-14(2-4-15)18-16(20)21-17-8-11-5-12(9-17)7-13(6-11)10-17/h1-4,11-13,19H,5-10H2,(H,18,20). The Morgan fingerprint density at radius 1 is 1.05 bits per heavy atom. The number of carbonyl (C=O) groups excluding carboxylic acids is 1. The molecule has 4 saturated carbocycles. The molecule has 4 aliphatic carbocycles. The molecule has 0 saturated heterocycles. The van der Waals surface area contributed by atoms with Gasteiger partial charge in [-0.05, 0) is 80.5 Å². The lowest BCUT2D eigenvalue weighted by Crippen LogP contribution is -2.53. The van der Waals surface area contributed by atoms with Gasteiger partial charge in [0.2, 0.25) is 0 Å². The summed E-state index contributed by atoms with van der Waals surface area (Å²) in [6, 6.07) is 6.47. The van der Waals surface area contributed by atoms with Gasteiger partial charge in [0.1, 0.15) is 11.4 Å². The van der Waals surface area contributed by atoms with Crippen LogP contribution in [0.5, 0.6) is 5.75 Å². The van der Waals surface area contributed by atoms with Crippen LogP contribution in [0.4, 0.5) is 10.5 Å². The van der Waals surface area contributed by atoms with Crippen molar-refractivity contribution in [3.05, 3.63) is 24.3 Å². The Kier molecular flexibility index (Phi) is 2.88. The van der Waals surface area contributed by atoms with Crippen molar-refractivity contribution < 1.29 is 14.6 Å². The van der Waals surface area contributed by atoms with Gasteiger partial charge in [-0.3, -0.25) is 5.32 Å². The predicted octanol–water partition coefficient (Wildman–Crippen LogP) is 3.91. The second kappa shape index (κ2) is 4.65. The zero-order chi connectivity index (χ0) is 14.4. The van der Waals surface area contributed by atoms with Gasteiger partial charge in [-0.25, -0.2) is 4.79 Å². The Bertz CT molecular complexity index is 516. The fourth-order valence-electron chi connectivity index (χ4n) is 5.04. The van der Waals surface area contributed by atoms with Gasteiger partial charge < -0.3 is 9.84 Å². The van der Waals surface area contributed by atoms with Crippen LogP contribution in [0.25, 0.3) is 0 Å². The normalized spacial score (nSPS) is 36.5. The first-order valence-electron chi connectivity index (χ1n) is 7.89. The molecule has 4 fully saturated rings. The van der Waals surface area contributed by atoms with E-state index in [1.807, 2.05) is 0 Å².